The number of nitrogens with one attached hydrogen (secondary N) is 1. The van der Waals surface area contributed by atoms with Crippen molar-refractivity contribution in [1.29, 1.82) is 0 Å². The molecule has 0 aromatic rings. The zero-order valence-electron chi connectivity index (χ0n) is 9.99. The first-order chi connectivity index (χ1) is 7.67. The van der Waals surface area contributed by atoms with Crippen LogP contribution >= 0.6 is 0 Å². The summed E-state index contributed by atoms with van der Waals surface area (Å²) in [7, 11) is 1.37. The van der Waals surface area contributed by atoms with Crippen LogP contribution in [0.4, 0.5) is 4.79 Å². The van der Waals surface area contributed by atoms with E-state index in [0.29, 0.717) is 19.5 Å². The summed E-state index contributed by atoms with van der Waals surface area (Å²) < 4.78 is 4.63. The van der Waals surface area contributed by atoms with Crippen molar-refractivity contribution < 1.29 is 14.3 Å². The predicted molar refractivity (Wildman–Crippen MR) is 60.1 cm³/mol. The van der Waals surface area contributed by atoms with Gasteiger partial charge in [-0.2, -0.15) is 0 Å². The van der Waals surface area contributed by atoms with Crippen LogP contribution in [0.2, 0.25) is 0 Å². The van der Waals surface area contributed by atoms with Gasteiger partial charge in [0, 0.05) is 25.6 Å². The van der Waals surface area contributed by atoms with Gasteiger partial charge in [0.2, 0.25) is 5.91 Å². The van der Waals surface area contributed by atoms with Crippen LogP contribution in [0.5, 0.6) is 0 Å². The van der Waals surface area contributed by atoms with Crippen LogP contribution in [-0.2, 0) is 9.53 Å². The Kier molecular flexibility index (Phi) is 5.08. The van der Waals surface area contributed by atoms with Gasteiger partial charge < -0.3 is 15.0 Å². The molecule has 0 saturated carbocycles. The van der Waals surface area contributed by atoms with Crippen LogP contribution in [0.3, 0.4) is 0 Å². The Morgan fingerprint density at radius 3 is 2.88 bits per heavy atom. The molecule has 1 N–H and O–H groups in total. The quantitative estimate of drug-likeness (QED) is 0.784. The molecule has 0 radical (unpaired) electrons. The molecule has 1 unspecified atom stereocenters. The van der Waals surface area contributed by atoms with E-state index in [1.807, 2.05) is 0 Å². The van der Waals surface area contributed by atoms with Gasteiger partial charge in [0.15, 0.2) is 0 Å². The molecule has 0 bridgehead atoms. The van der Waals surface area contributed by atoms with Crippen LogP contribution in [0.1, 0.15) is 32.6 Å². The molecule has 1 aliphatic rings. The number of nitrogens with zero attached hydrogens (tertiary/aromatic N) is 1. The summed E-state index contributed by atoms with van der Waals surface area (Å²) in [6, 6.07) is 0.0865. The fourth-order valence-electron chi connectivity index (χ4n) is 1.81. The SMILES string of the molecule is CCCCC(=O)NC1CCN(C(=O)OC)C1. The van der Waals surface area contributed by atoms with E-state index in [1.54, 1.807) is 4.90 Å². The molecule has 5 nitrogen and oxygen atoms in total. The number of amides is 2. The number of hydrogen-bond donors (Lipinski definition) is 1. The average molecular weight is 228 g/mol. The van der Waals surface area contributed by atoms with E-state index in [1.165, 1.54) is 7.11 Å². The van der Waals surface area contributed by atoms with E-state index in [0.717, 1.165) is 19.3 Å². The van der Waals surface area contributed by atoms with Crippen LogP contribution < -0.4 is 5.32 Å². The highest BCUT2D eigenvalue weighted by Gasteiger charge is 2.27. The predicted octanol–water partition coefficient (Wildman–Crippen LogP) is 1.13. The molecule has 0 aliphatic carbocycles. The van der Waals surface area contributed by atoms with Gasteiger partial charge in [-0.15, -0.1) is 0 Å². The van der Waals surface area contributed by atoms with E-state index in [-0.39, 0.29) is 18.0 Å². The minimum Gasteiger partial charge on any atom is -0.453 e. The molecule has 1 fully saturated rings. The Balaban J connectivity index is 2.25. The minimum absolute atomic E-state index is 0.0820. The zero-order chi connectivity index (χ0) is 12.0. The van der Waals surface area contributed by atoms with Crippen LogP contribution in [-0.4, -0.2) is 43.1 Å². The summed E-state index contributed by atoms with van der Waals surface area (Å²) in [6.07, 6.45) is 3.01. The Morgan fingerprint density at radius 2 is 2.25 bits per heavy atom. The fourth-order valence-corrected chi connectivity index (χ4v) is 1.81. The van der Waals surface area contributed by atoms with Crippen molar-refractivity contribution in [1.82, 2.24) is 10.2 Å². The summed E-state index contributed by atoms with van der Waals surface area (Å²) >= 11 is 0. The Hall–Kier alpha value is -1.26. The second kappa shape index (κ2) is 6.35. The molecule has 1 rings (SSSR count). The highest BCUT2D eigenvalue weighted by Crippen LogP contribution is 2.10. The van der Waals surface area contributed by atoms with Crippen LogP contribution in [0, 0.1) is 0 Å². The molecule has 1 heterocycles. The van der Waals surface area contributed by atoms with Gasteiger partial charge in [-0.1, -0.05) is 13.3 Å². The largest absolute Gasteiger partial charge is 0.453 e. The number of hydrogen-bond acceptors (Lipinski definition) is 3. The Labute approximate surface area is 96.1 Å². The van der Waals surface area contributed by atoms with Crippen molar-refractivity contribution >= 4 is 12.0 Å². The highest BCUT2D eigenvalue weighted by molar-refractivity contribution is 5.76. The molecule has 1 atom stereocenters. The summed E-state index contributed by atoms with van der Waals surface area (Å²) in [5.74, 6) is 0.0820. The third-order valence-electron chi connectivity index (χ3n) is 2.74. The van der Waals surface area contributed by atoms with Gasteiger partial charge in [-0.05, 0) is 12.8 Å². The van der Waals surface area contributed by atoms with Crippen LogP contribution in [0.25, 0.3) is 0 Å². The van der Waals surface area contributed by atoms with Gasteiger partial charge in [0.25, 0.3) is 0 Å². The van der Waals surface area contributed by atoms with E-state index in [2.05, 4.69) is 17.0 Å². The molecule has 0 aromatic heterocycles. The maximum Gasteiger partial charge on any atom is 0.409 e. The maximum atomic E-state index is 11.5. The Morgan fingerprint density at radius 1 is 1.50 bits per heavy atom. The number of ether oxygens (including phenoxy) is 1. The normalized spacial score (nSPS) is 19.6. The van der Waals surface area contributed by atoms with Gasteiger partial charge in [0.1, 0.15) is 0 Å². The van der Waals surface area contributed by atoms with Crippen molar-refractivity contribution in [3.63, 3.8) is 0 Å². The number of carbonyl (C=O) groups excluding carboxylic acids is 2. The Bertz CT molecular complexity index is 256. The number of likely N-dealkylation sites (tertiary alicyclic amines) is 1. The molecule has 16 heavy (non-hydrogen) atoms. The first kappa shape index (κ1) is 12.8. The molecule has 5 heteroatoms. The van der Waals surface area contributed by atoms with Gasteiger partial charge >= 0.3 is 6.09 Å². The topological polar surface area (TPSA) is 58.6 Å². The second-order valence-electron chi connectivity index (χ2n) is 4.07. The number of methoxy groups -OCH3 is 1. The zero-order valence-corrected chi connectivity index (χ0v) is 9.99. The third-order valence-corrected chi connectivity index (χ3v) is 2.74. The monoisotopic (exact) mass is 228 g/mol. The molecule has 2 amide bonds. The minimum atomic E-state index is -0.315. The molecule has 0 aromatic carbocycles. The van der Waals surface area contributed by atoms with Crippen molar-refractivity contribution in [2.75, 3.05) is 20.2 Å². The van der Waals surface area contributed by atoms with Crippen molar-refractivity contribution in [2.24, 2.45) is 0 Å². The highest BCUT2D eigenvalue weighted by atomic mass is 16.5. The first-order valence-electron chi connectivity index (χ1n) is 5.79. The lowest BCUT2D eigenvalue weighted by atomic mass is 10.2. The van der Waals surface area contributed by atoms with E-state index in [9.17, 15) is 9.59 Å². The van der Waals surface area contributed by atoms with Crippen molar-refractivity contribution in [3.8, 4) is 0 Å². The maximum absolute atomic E-state index is 11.5. The number of rotatable bonds is 4. The lowest BCUT2D eigenvalue weighted by Crippen LogP contribution is -2.38. The first-order valence-corrected chi connectivity index (χ1v) is 5.79. The molecule has 0 spiro atoms. The number of unbranched alkanes of at least 4 members (excludes halogenated alkanes) is 1. The van der Waals surface area contributed by atoms with E-state index >= 15 is 0 Å². The second-order valence-corrected chi connectivity index (χ2v) is 4.07. The standard InChI is InChI=1S/C11H20N2O3/c1-3-4-5-10(14)12-9-6-7-13(8-9)11(15)16-2/h9H,3-8H2,1-2H3,(H,12,14). The van der Waals surface area contributed by atoms with E-state index < -0.39 is 0 Å². The summed E-state index contributed by atoms with van der Waals surface area (Å²) in [6.45, 7) is 3.28. The summed E-state index contributed by atoms with van der Waals surface area (Å²) in [5.41, 5.74) is 0. The molecule has 92 valence electrons. The lowest BCUT2D eigenvalue weighted by Gasteiger charge is -2.15. The molecule has 1 saturated heterocycles. The molecular formula is C11H20N2O3. The third kappa shape index (κ3) is 3.72. The summed E-state index contributed by atoms with van der Waals surface area (Å²) in [4.78, 5) is 24.3. The van der Waals surface area contributed by atoms with Gasteiger partial charge in [-0.25, -0.2) is 4.79 Å². The molecular weight excluding hydrogens is 208 g/mol. The lowest BCUT2D eigenvalue weighted by molar-refractivity contribution is -0.121. The van der Waals surface area contributed by atoms with Gasteiger partial charge in [0.05, 0.1) is 7.11 Å². The summed E-state index contributed by atoms with van der Waals surface area (Å²) in [5, 5.41) is 2.93. The van der Waals surface area contributed by atoms with Gasteiger partial charge in [-0.3, -0.25) is 4.79 Å². The van der Waals surface area contributed by atoms with Crippen molar-refractivity contribution in [3.05, 3.63) is 0 Å². The molecule has 1 aliphatic heterocycles. The smallest absolute Gasteiger partial charge is 0.409 e. The number of carbonyl (C=O) groups is 2. The van der Waals surface area contributed by atoms with E-state index in [4.69, 9.17) is 0 Å². The van der Waals surface area contributed by atoms with Crippen molar-refractivity contribution in [2.45, 2.75) is 38.6 Å². The fraction of sp³-hybridized carbons (Fsp3) is 0.818. The van der Waals surface area contributed by atoms with Crippen LogP contribution in [0.15, 0.2) is 0 Å². The average Bonchev–Trinajstić information content (AvgIpc) is 2.73.